The zero-order valence-electron chi connectivity index (χ0n) is 16.7. The van der Waals surface area contributed by atoms with Crippen LogP contribution < -0.4 is 9.47 Å². The van der Waals surface area contributed by atoms with E-state index in [9.17, 15) is 14.3 Å². The van der Waals surface area contributed by atoms with Crippen LogP contribution >= 0.6 is 27.7 Å². The quantitative estimate of drug-likeness (QED) is 0.308. The second kappa shape index (κ2) is 10.5. The van der Waals surface area contributed by atoms with Gasteiger partial charge in [0.2, 0.25) is 5.16 Å². The number of thioether (sulfide) groups is 1. The maximum absolute atomic E-state index is 13.9. The Morgan fingerprint density at radius 2 is 2.13 bits per heavy atom. The molecular weight excluding hydrogens is 489 g/mol. The first-order valence-corrected chi connectivity index (χ1v) is 10.8. The maximum Gasteiger partial charge on any atom is 0.342 e. The smallest absolute Gasteiger partial charge is 0.342 e. The molecule has 3 aromatic rings. The number of aromatic amines is 1. The van der Waals surface area contributed by atoms with Crippen LogP contribution in [0.1, 0.15) is 23.9 Å². The molecule has 0 bridgehead atoms. The van der Waals surface area contributed by atoms with E-state index in [1.807, 2.05) is 6.92 Å². The standard InChI is InChI=1S/C21H19BrFN3O4S/c1-3-18-24-21(26-25-18)31-17(20(27)28)10-12-8-14(22)19(16(9-12)29-2)30-11-13-6-4-5-7-15(13)23/h4-10H,3,11H2,1-2H3,(H,27,28)(H,24,25,26)/b17-10-. The molecule has 0 fully saturated rings. The van der Waals surface area contributed by atoms with E-state index in [1.165, 1.54) is 19.3 Å². The van der Waals surface area contributed by atoms with Gasteiger partial charge in [0.25, 0.3) is 0 Å². The molecule has 0 saturated carbocycles. The van der Waals surface area contributed by atoms with E-state index in [-0.39, 0.29) is 17.3 Å². The van der Waals surface area contributed by atoms with Gasteiger partial charge in [-0.25, -0.2) is 14.2 Å². The first-order valence-electron chi connectivity index (χ1n) is 9.19. The minimum absolute atomic E-state index is 0.0115. The van der Waals surface area contributed by atoms with E-state index in [0.29, 0.717) is 44.5 Å². The Morgan fingerprint density at radius 1 is 1.35 bits per heavy atom. The Labute approximate surface area is 190 Å². The second-order valence-electron chi connectivity index (χ2n) is 6.25. The lowest BCUT2D eigenvalue weighted by Gasteiger charge is -2.14. The number of halogens is 2. The fourth-order valence-corrected chi connectivity index (χ4v) is 3.90. The van der Waals surface area contributed by atoms with Gasteiger partial charge >= 0.3 is 5.97 Å². The van der Waals surface area contributed by atoms with Gasteiger partial charge in [0.1, 0.15) is 23.2 Å². The van der Waals surface area contributed by atoms with Gasteiger partial charge in [-0.1, -0.05) is 25.1 Å². The van der Waals surface area contributed by atoms with Crippen LogP contribution in [0.25, 0.3) is 6.08 Å². The molecule has 0 saturated heterocycles. The zero-order valence-corrected chi connectivity index (χ0v) is 19.1. The average Bonchev–Trinajstić information content (AvgIpc) is 3.21. The molecule has 3 rings (SSSR count). The molecule has 0 aliphatic carbocycles. The Hall–Kier alpha value is -2.85. The topological polar surface area (TPSA) is 97.3 Å². The normalized spacial score (nSPS) is 11.4. The summed E-state index contributed by atoms with van der Waals surface area (Å²) in [6.45, 7) is 1.93. The van der Waals surface area contributed by atoms with Crippen molar-refractivity contribution in [3.63, 3.8) is 0 Å². The molecule has 0 aliphatic rings. The number of aliphatic carboxylic acids is 1. The lowest BCUT2D eigenvalue weighted by atomic mass is 10.2. The summed E-state index contributed by atoms with van der Waals surface area (Å²) < 4.78 is 25.6. The number of carboxylic acids is 1. The number of H-pyrrole nitrogens is 1. The minimum atomic E-state index is -1.11. The van der Waals surface area contributed by atoms with Crippen LogP contribution in [0, 0.1) is 5.82 Å². The van der Waals surface area contributed by atoms with Crippen LogP contribution in [-0.2, 0) is 17.8 Å². The van der Waals surface area contributed by atoms with Gasteiger partial charge in [-0.3, -0.25) is 5.10 Å². The SMILES string of the molecule is CCc1nc(S/C(=C\c2cc(Br)c(OCc3ccccc3F)c(OC)c2)C(=O)O)n[nH]1. The van der Waals surface area contributed by atoms with Crippen LogP contribution in [0.4, 0.5) is 4.39 Å². The number of rotatable bonds is 9. The summed E-state index contributed by atoms with van der Waals surface area (Å²) in [6, 6.07) is 9.66. The summed E-state index contributed by atoms with van der Waals surface area (Å²) in [5, 5.41) is 16.7. The number of hydrogen-bond acceptors (Lipinski definition) is 6. The van der Waals surface area contributed by atoms with Gasteiger partial charge in [0, 0.05) is 12.0 Å². The summed E-state index contributed by atoms with van der Waals surface area (Å²) >= 11 is 4.36. The molecule has 10 heteroatoms. The van der Waals surface area contributed by atoms with Gasteiger partial charge in [0.15, 0.2) is 11.5 Å². The third kappa shape index (κ3) is 5.86. The molecule has 0 amide bonds. The lowest BCUT2D eigenvalue weighted by Crippen LogP contribution is -2.01. The van der Waals surface area contributed by atoms with Crippen molar-refractivity contribution in [2.75, 3.05) is 7.11 Å². The van der Waals surface area contributed by atoms with E-state index in [4.69, 9.17) is 9.47 Å². The molecule has 2 aromatic carbocycles. The molecule has 0 unspecified atom stereocenters. The monoisotopic (exact) mass is 507 g/mol. The molecule has 31 heavy (non-hydrogen) atoms. The number of aryl methyl sites for hydroxylation is 1. The molecule has 0 atom stereocenters. The van der Waals surface area contributed by atoms with E-state index in [0.717, 1.165) is 11.8 Å². The molecule has 2 N–H and O–H groups in total. The molecule has 0 aliphatic heterocycles. The number of nitrogens with zero attached hydrogens (tertiary/aromatic N) is 2. The molecule has 0 spiro atoms. The molecule has 7 nitrogen and oxygen atoms in total. The minimum Gasteiger partial charge on any atom is -0.493 e. The van der Waals surface area contributed by atoms with Gasteiger partial charge in [0.05, 0.1) is 11.6 Å². The highest BCUT2D eigenvalue weighted by Crippen LogP contribution is 2.38. The lowest BCUT2D eigenvalue weighted by molar-refractivity contribution is -0.131. The summed E-state index contributed by atoms with van der Waals surface area (Å²) in [6.07, 6.45) is 2.15. The van der Waals surface area contributed by atoms with Crippen molar-refractivity contribution in [2.45, 2.75) is 25.1 Å². The second-order valence-corrected chi connectivity index (χ2v) is 8.11. The Bertz CT molecular complexity index is 1120. The zero-order chi connectivity index (χ0) is 22.4. The van der Waals surface area contributed by atoms with Crippen LogP contribution in [0.5, 0.6) is 11.5 Å². The number of benzene rings is 2. The largest absolute Gasteiger partial charge is 0.493 e. The van der Waals surface area contributed by atoms with Gasteiger partial charge in [-0.2, -0.15) is 0 Å². The van der Waals surface area contributed by atoms with E-state index in [2.05, 4.69) is 31.1 Å². The highest BCUT2D eigenvalue weighted by atomic mass is 79.9. The molecular formula is C21H19BrFN3O4S. The Kier molecular flexibility index (Phi) is 7.69. The number of hydrogen-bond donors (Lipinski definition) is 2. The number of ether oxygens (including phenoxy) is 2. The predicted octanol–water partition coefficient (Wildman–Crippen LogP) is 5.07. The summed E-state index contributed by atoms with van der Waals surface area (Å²) in [5.74, 6) is -0.0406. The molecule has 0 radical (unpaired) electrons. The Balaban J connectivity index is 1.86. The van der Waals surface area contributed by atoms with Crippen molar-refractivity contribution in [3.8, 4) is 11.5 Å². The number of carbonyl (C=O) groups is 1. The number of carboxylic acid groups (broad SMARTS) is 1. The van der Waals surface area contributed by atoms with Gasteiger partial charge in [-0.05, 0) is 57.5 Å². The van der Waals surface area contributed by atoms with Crippen molar-refractivity contribution in [1.82, 2.24) is 15.2 Å². The Morgan fingerprint density at radius 3 is 2.77 bits per heavy atom. The van der Waals surface area contributed by atoms with Gasteiger partial charge in [-0.15, -0.1) is 5.10 Å². The third-order valence-electron chi connectivity index (χ3n) is 4.14. The fraction of sp³-hybridized carbons (Fsp3) is 0.190. The highest BCUT2D eigenvalue weighted by Gasteiger charge is 2.16. The number of nitrogens with one attached hydrogen (secondary N) is 1. The van der Waals surface area contributed by atoms with Crippen molar-refractivity contribution in [2.24, 2.45) is 0 Å². The number of aromatic nitrogens is 3. The summed E-state index contributed by atoms with van der Waals surface area (Å²) in [5.41, 5.74) is 0.973. The van der Waals surface area contributed by atoms with Crippen LogP contribution in [0.15, 0.2) is 50.9 Å². The van der Waals surface area contributed by atoms with Crippen molar-refractivity contribution < 1.29 is 23.8 Å². The highest BCUT2D eigenvalue weighted by molar-refractivity contribution is 9.10. The first kappa shape index (κ1) is 22.8. The number of methoxy groups -OCH3 is 1. The molecule has 1 heterocycles. The van der Waals surface area contributed by atoms with E-state index >= 15 is 0 Å². The third-order valence-corrected chi connectivity index (χ3v) is 5.60. The van der Waals surface area contributed by atoms with E-state index < -0.39 is 5.97 Å². The summed E-state index contributed by atoms with van der Waals surface area (Å²) in [7, 11) is 1.47. The maximum atomic E-state index is 13.9. The van der Waals surface area contributed by atoms with Crippen molar-refractivity contribution >= 4 is 39.7 Å². The van der Waals surface area contributed by atoms with Crippen LogP contribution in [0.2, 0.25) is 0 Å². The first-order chi connectivity index (χ1) is 14.9. The fourth-order valence-electron chi connectivity index (χ4n) is 2.59. The van der Waals surface area contributed by atoms with Crippen LogP contribution in [-0.4, -0.2) is 33.4 Å². The molecule has 162 valence electrons. The average molecular weight is 508 g/mol. The van der Waals surface area contributed by atoms with Crippen LogP contribution in [0.3, 0.4) is 0 Å². The molecule has 1 aromatic heterocycles. The van der Waals surface area contributed by atoms with Gasteiger partial charge < -0.3 is 14.6 Å². The van der Waals surface area contributed by atoms with Crippen molar-refractivity contribution in [3.05, 3.63) is 68.5 Å². The van der Waals surface area contributed by atoms with Crippen molar-refractivity contribution in [1.29, 1.82) is 0 Å². The van der Waals surface area contributed by atoms with E-state index in [1.54, 1.807) is 30.3 Å². The summed E-state index contributed by atoms with van der Waals surface area (Å²) in [4.78, 5) is 16.0. The predicted molar refractivity (Wildman–Crippen MR) is 119 cm³/mol.